The first-order chi connectivity index (χ1) is 9.93. The highest BCUT2D eigenvalue weighted by Gasteiger charge is 2.36. The van der Waals surface area contributed by atoms with Crippen LogP contribution in [0.5, 0.6) is 0 Å². The number of carbonyl (C=O) groups is 1. The van der Waals surface area contributed by atoms with Gasteiger partial charge in [0, 0.05) is 19.6 Å². The van der Waals surface area contributed by atoms with E-state index in [-0.39, 0.29) is 13.0 Å². The Morgan fingerprint density at radius 1 is 1.33 bits per heavy atom. The summed E-state index contributed by atoms with van der Waals surface area (Å²) in [6.07, 6.45) is 0.285. The molecule has 1 atom stereocenters. The lowest BCUT2D eigenvalue weighted by Gasteiger charge is -2.36. The van der Waals surface area contributed by atoms with Crippen molar-refractivity contribution >= 4 is 21.9 Å². The molecule has 2 rings (SSSR count). The molecule has 1 heterocycles. The highest BCUT2D eigenvalue weighted by atomic mass is 32.2. The quantitative estimate of drug-likeness (QED) is 0.897. The Bertz CT molecular complexity index is 626. The third-order valence-corrected chi connectivity index (χ3v) is 5.92. The van der Waals surface area contributed by atoms with Crippen molar-refractivity contribution < 1.29 is 18.3 Å². The van der Waals surface area contributed by atoms with E-state index in [1.165, 1.54) is 8.61 Å². The Labute approximate surface area is 125 Å². The van der Waals surface area contributed by atoms with Crippen molar-refractivity contribution in [3.05, 3.63) is 29.8 Å². The molecule has 7 heteroatoms. The fourth-order valence-corrected chi connectivity index (χ4v) is 4.40. The minimum Gasteiger partial charge on any atom is -0.481 e. The number of benzene rings is 1. The number of anilines is 1. The zero-order valence-electron chi connectivity index (χ0n) is 12.2. The molecule has 1 N–H and O–H groups in total. The second kappa shape index (κ2) is 6.03. The molecule has 0 spiro atoms. The smallest absolute Gasteiger partial charge is 0.311 e. The van der Waals surface area contributed by atoms with Crippen molar-refractivity contribution in [2.45, 2.75) is 26.2 Å². The molecular weight excluding hydrogens is 292 g/mol. The molecule has 1 aromatic rings. The third kappa shape index (κ3) is 2.75. The molecule has 0 fully saturated rings. The number of hydrogen-bond donors (Lipinski definition) is 1. The van der Waals surface area contributed by atoms with Crippen LogP contribution in [0.4, 0.5) is 5.69 Å². The molecule has 1 aromatic carbocycles. The standard InChI is InChI=1S/C14H20N2O4S/c1-3-15(4-2)21(19,20)16-10-9-12(14(17)18)11-7-5-6-8-13(11)16/h5-8,12H,3-4,9-10H2,1-2H3,(H,17,18). The third-order valence-electron chi connectivity index (χ3n) is 3.81. The lowest BCUT2D eigenvalue weighted by atomic mass is 9.91. The minimum absolute atomic E-state index is 0.187. The van der Waals surface area contributed by atoms with Crippen LogP contribution in [0.3, 0.4) is 0 Å². The zero-order valence-corrected chi connectivity index (χ0v) is 13.0. The van der Waals surface area contributed by atoms with Crippen LogP contribution >= 0.6 is 0 Å². The second-order valence-corrected chi connectivity index (χ2v) is 6.76. The molecule has 1 aliphatic rings. The van der Waals surface area contributed by atoms with Crippen LogP contribution in [0.2, 0.25) is 0 Å². The predicted octanol–water partition coefficient (Wildman–Crippen LogP) is 1.65. The van der Waals surface area contributed by atoms with Crippen LogP contribution in [0.15, 0.2) is 24.3 Å². The average Bonchev–Trinajstić information content (AvgIpc) is 2.46. The van der Waals surface area contributed by atoms with Crippen LogP contribution in [0, 0.1) is 0 Å². The van der Waals surface area contributed by atoms with Crippen LogP contribution in [0.25, 0.3) is 0 Å². The number of para-hydroxylation sites is 1. The number of hydrogen-bond acceptors (Lipinski definition) is 3. The predicted molar refractivity (Wildman–Crippen MR) is 80.6 cm³/mol. The lowest BCUT2D eigenvalue weighted by molar-refractivity contribution is -0.139. The van der Waals surface area contributed by atoms with Gasteiger partial charge in [-0.3, -0.25) is 9.10 Å². The summed E-state index contributed by atoms with van der Waals surface area (Å²) in [4.78, 5) is 11.3. The molecule has 0 amide bonds. The van der Waals surface area contributed by atoms with Gasteiger partial charge in [-0.15, -0.1) is 0 Å². The van der Waals surface area contributed by atoms with E-state index in [1.807, 2.05) is 0 Å². The topological polar surface area (TPSA) is 77.9 Å². The van der Waals surface area contributed by atoms with Gasteiger partial charge in [-0.25, -0.2) is 0 Å². The summed E-state index contributed by atoms with van der Waals surface area (Å²) in [5.74, 6) is -1.56. The van der Waals surface area contributed by atoms with Crippen LogP contribution < -0.4 is 4.31 Å². The van der Waals surface area contributed by atoms with E-state index in [9.17, 15) is 18.3 Å². The fourth-order valence-electron chi connectivity index (χ4n) is 2.72. The number of carboxylic acids is 1. The Balaban J connectivity index is 2.49. The largest absolute Gasteiger partial charge is 0.481 e. The van der Waals surface area contributed by atoms with Gasteiger partial charge in [0.2, 0.25) is 0 Å². The maximum absolute atomic E-state index is 12.7. The van der Waals surface area contributed by atoms with E-state index < -0.39 is 22.1 Å². The van der Waals surface area contributed by atoms with Gasteiger partial charge in [0.25, 0.3) is 0 Å². The first-order valence-corrected chi connectivity index (χ1v) is 8.42. The first kappa shape index (κ1) is 15.8. The van der Waals surface area contributed by atoms with Gasteiger partial charge in [-0.1, -0.05) is 32.0 Å². The monoisotopic (exact) mass is 312 g/mol. The summed E-state index contributed by atoms with van der Waals surface area (Å²) in [5, 5.41) is 9.30. The summed E-state index contributed by atoms with van der Waals surface area (Å²) in [6, 6.07) is 6.83. The van der Waals surface area contributed by atoms with E-state index >= 15 is 0 Å². The Morgan fingerprint density at radius 2 is 1.95 bits per heavy atom. The molecule has 1 unspecified atom stereocenters. The first-order valence-electron chi connectivity index (χ1n) is 7.03. The number of carboxylic acid groups (broad SMARTS) is 1. The average molecular weight is 312 g/mol. The highest BCUT2D eigenvalue weighted by Crippen LogP contribution is 2.37. The van der Waals surface area contributed by atoms with Crippen molar-refractivity contribution in [2.24, 2.45) is 0 Å². The van der Waals surface area contributed by atoms with E-state index in [1.54, 1.807) is 38.1 Å². The lowest BCUT2D eigenvalue weighted by Crippen LogP contribution is -2.46. The number of aliphatic carboxylic acids is 1. The van der Waals surface area contributed by atoms with Crippen LogP contribution in [-0.2, 0) is 15.0 Å². The van der Waals surface area contributed by atoms with Gasteiger partial charge in [0.05, 0.1) is 11.6 Å². The van der Waals surface area contributed by atoms with Gasteiger partial charge in [-0.05, 0) is 18.1 Å². The van der Waals surface area contributed by atoms with Gasteiger partial charge in [-0.2, -0.15) is 12.7 Å². The summed E-state index contributed by atoms with van der Waals surface area (Å²) in [6.45, 7) is 4.54. The van der Waals surface area contributed by atoms with Gasteiger partial charge in [0.15, 0.2) is 0 Å². The minimum atomic E-state index is -3.61. The molecule has 0 bridgehead atoms. The Morgan fingerprint density at radius 3 is 2.52 bits per heavy atom. The summed E-state index contributed by atoms with van der Waals surface area (Å²) < 4.78 is 28.1. The molecule has 21 heavy (non-hydrogen) atoms. The van der Waals surface area contributed by atoms with E-state index in [4.69, 9.17) is 0 Å². The van der Waals surface area contributed by atoms with Crippen LogP contribution in [-0.4, -0.2) is 43.4 Å². The van der Waals surface area contributed by atoms with Crippen molar-refractivity contribution in [2.75, 3.05) is 23.9 Å². The maximum Gasteiger partial charge on any atom is 0.311 e. The SMILES string of the molecule is CCN(CC)S(=O)(=O)N1CCC(C(=O)O)c2ccccc21. The normalized spacial score (nSPS) is 18.6. The summed E-state index contributed by atoms with van der Waals surface area (Å²) in [5.41, 5.74) is 1.04. The zero-order chi connectivity index (χ0) is 15.6. The Kier molecular flexibility index (Phi) is 4.53. The summed E-state index contributed by atoms with van der Waals surface area (Å²) >= 11 is 0. The molecule has 0 saturated carbocycles. The molecule has 6 nitrogen and oxygen atoms in total. The van der Waals surface area contributed by atoms with Gasteiger partial charge < -0.3 is 5.11 Å². The molecular formula is C14H20N2O4S. The van der Waals surface area contributed by atoms with Crippen molar-refractivity contribution in [3.63, 3.8) is 0 Å². The molecule has 1 aliphatic heterocycles. The molecule has 0 saturated heterocycles. The van der Waals surface area contributed by atoms with E-state index in [0.29, 0.717) is 24.3 Å². The van der Waals surface area contributed by atoms with Gasteiger partial charge >= 0.3 is 16.2 Å². The summed E-state index contributed by atoms with van der Waals surface area (Å²) in [7, 11) is -3.61. The Hall–Kier alpha value is -1.60. The molecule has 0 radical (unpaired) electrons. The molecule has 0 aromatic heterocycles. The molecule has 116 valence electrons. The maximum atomic E-state index is 12.7. The number of nitrogens with zero attached hydrogens (tertiary/aromatic N) is 2. The molecule has 0 aliphatic carbocycles. The van der Waals surface area contributed by atoms with Crippen LogP contribution in [0.1, 0.15) is 31.7 Å². The van der Waals surface area contributed by atoms with E-state index in [2.05, 4.69) is 0 Å². The van der Waals surface area contributed by atoms with E-state index in [0.717, 1.165) is 0 Å². The van der Waals surface area contributed by atoms with Gasteiger partial charge in [0.1, 0.15) is 0 Å². The van der Waals surface area contributed by atoms with Crippen molar-refractivity contribution in [3.8, 4) is 0 Å². The van der Waals surface area contributed by atoms with Crippen molar-refractivity contribution in [1.82, 2.24) is 4.31 Å². The number of fused-ring (bicyclic) bond motifs is 1. The highest BCUT2D eigenvalue weighted by molar-refractivity contribution is 7.90. The van der Waals surface area contributed by atoms with Crippen molar-refractivity contribution in [1.29, 1.82) is 0 Å². The second-order valence-electron chi connectivity index (χ2n) is 4.90. The number of rotatable bonds is 5. The fraction of sp³-hybridized carbons (Fsp3) is 0.500.